The van der Waals surface area contributed by atoms with Crippen LogP contribution in [-0.2, 0) is 11.3 Å². The molecule has 0 aromatic carbocycles. The number of aromatic nitrogens is 2. The van der Waals surface area contributed by atoms with Crippen LogP contribution in [0.4, 0.5) is 11.6 Å². The van der Waals surface area contributed by atoms with Crippen LogP contribution in [0.15, 0.2) is 6.07 Å². The Balaban J connectivity index is 2.54. The minimum Gasteiger partial charge on any atom is -0.384 e. The van der Waals surface area contributed by atoms with Crippen molar-refractivity contribution < 1.29 is 4.74 Å². The molecule has 0 aliphatic rings. The molecule has 0 saturated carbocycles. The van der Waals surface area contributed by atoms with Crippen LogP contribution in [0.5, 0.6) is 0 Å². The van der Waals surface area contributed by atoms with Gasteiger partial charge in [-0.05, 0) is 24.9 Å². The maximum atomic E-state index is 5.74. The predicted molar refractivity (Wildman–Crippen MR) is 77.9 cm³/mol. The summed E-state index contributed by atoms with van der Waals surface area (Å²) >= 11 is 1.94. The highest BCUT2D eigenvalue weighted by Crippen LogP contribution is 2.12. The van der Waals surface area contributed by atoms with Gasteiger partial charge in [0, 0.05) is 19.2 Å². The molecular weight excluding hydrogens is 248 g/mol. The molecule has 1 aromatic rings. The van der Waals surface area contributed by atoms with Crippen molar-refractivity contribution in [3.8, 4) is 0 Å². The van der Waals surface area contributed by atoms with Crippen LogP contribution in [-0.4, -0.2) is 34.6 Å². The zero-order chi connectivity index (χ0) is 13.4. The van der Waals surface area contributed by atoms with Gasteiger partial charge < -0.3 is 15.8 Å². The second-order valence-corrected chi connectivity index (χ2v) is 5.45. The number of hydrogen-bond acceptors (Lipinski definition) is 6. The molecular formula is C12H22N4OS. The summed E-state index contributed by atoms with van der Waals surface area (Å²) in [4.78, 5) is 8.46. The van der Waals surface area contributed by atoms with Gasteiger partial charge in [-0.3, -0.25) is 0 Å². The average molecular weight is 270 g/mol. The number of ether oxygens (including phenoxy) is 1. The topological polar surface area (TPSA) is 73.1 Å². The minimum atomic E-state index is 0.369. The number of thioether (sulfide) groups is 1. The SMILES string of the molecule is CCSCCC(C)Nc1cc(N)nc(COC)n1. The molecule has 1 atom stereocenters. The fourth-order valence-corrected chi connectivity index (χ4v) is 2.32. The van der Waals surface area contributed by atoms with Gasteiger partial charge in [-0.2, -0.15) is 11.8 Å². The fraction of sp³-hybridized carbons (Fsp3) is 0.667. The molecule has 1 aromatic heterocycles. The molecule has 18 heavy (non-hydrogen) atoms. The zero-order valence-corrected chi connectivity index (χ0v) is 12.1. The Morgan fingerprint density at radius 1 is 1.50 bits per heavy atom. The smallest absolute Gasteiger partial charge is 0.158 e. The normalized spacial score (nSPS) is 12.4. The standard InChI is InChI=1S/C12H22N4OS/c1-4-18-6-5-9(2)14-11-7-10(13)15-12(16-11)8-17-3/h7,9H,4-6,8H2,1-3H3,(H3,13,14,15,16). The van der Waals surface area contributed by atoms with Gasteiger partial charge >= 0.3 is 0 Å². The third-order valence-corrected chi connectivity index (χ3v) is 3.29. The van der Waals surface area contributed by atoms with Crippen LogP contribution in [0.25, 0.3) is 0 Å². The van der Waals surface area contributed by atoms with Crippen LogP contribution < -0.4 is 11.1 Å². The molecule has 0 aliphatic carbocycles. The summed E-state index contributed by atoms with van der Waals surface area (Å²) in [6.45, 7) is 4.69. The number of nitrogens with zero attached hydrogens (tertiary/aromatic N) is 2. The summed E-state index contributed by atoms with van der Waals surface area (Å²) in [5.74, 6) is 4.15. The van der Waals surface area contributed by atoms with Gasteiger partial charge in [-0.1, -0.05) is 6.92 Å². The number of methoxy groups -OCH3 is 1. The van der Waals surface area contributed by atoms with Crippen molar-refractivity contribution in [3.63, 3.8) is 0 Å². The summed E-state index contributed by atoms with van der Waals surface area (Å²) < 4.78 is 5.01. The summed E-state index contributed by atoms with van der Waals surface area (Å²) in [6.07, 6.45) is 1.10. The number of anilines is 2. The highest BCUT2D eigenvalue weighted by atomic mass is 32.2. The van der Waals surface area contributed by atoms with E-state index in [1.54, 1.807) is 13.2 Å². The molecule has 0 spiro atoms. The van der Waals surface area contributed by atoms with Crippen molar-refractivity contribution in [2.75, 3.05) is 29.7 Å². The molecule has 0 bridgehead atoms. The lowest BCUT2D eigenvalue weighted by atomic mass is 10.2. The molecule has 1 unspecified atom stereocenters. The second-order valence-electron chi connectivity index (χ2n) is 4.06. The molecule has 102 valence electrons. The summed E-state index contributed by atoms with van der Waals surface area (Å²) in [7, 11) is 1.62. The highest BCUT2D eigenvalue weighted by molar-refractivity contribution is 7.99. The summed E-state index contributed by atoms with van der Waals surface area (Å²) in [5, 5.41) is 3.34. The van der Waals surface area contributed by atoms with Crippen molar-refractivity contribution in [2.24, 2.45) is 0 Å². The molecule has 0 fully saturated rings. The number of nitrogens with one attached hydrogen (secondary N) is 1. The van der Waals surface area contributed by atoms with Crippen LogP contribution in [0, 0.1) is 0 Å². The van der Waals surface area contributed by atoms with Gasteiger partial charge in [0.1, 0.15) is 18.2 Å². The Labute approximate surface area is 113 Å². The molecule has 0 aliphatic heterocycles. The maximum absolute atomic E-state index is 5.74. The predicted octanol–water partition coefficient (Wildman–Crippen LogP) is 2.15. The van der Waals surface area contributed by atoms with Crippen molar-refractivity contribution in [1.82, 2.24) is 9.97 Å². The molecule has 3 N–H and O–H groups in total. The highest BCUT2D eigenvalue weighted by Gasteiger charge is 2.06. The van der Waals surface area contributed by atoms with Crippen molar-refractivity contribution in [2.45, 2.75) is 32.9 Å². The van der Waals surface area contributed by atoms with Gasteiger partial charge in [0.05, 0.1) is 0 Å². The first-order chi connectivity index (χ1) is 8.65. The lowest BCUT2D eigenvalue weighted by molar-refractivity contribution is 0.178. The third kappa shape index (κ3) is 5.55. The Bertz CT molecular complexity index is 362. The Hall–Kier alpha value is -1.01. The van der Waals surface area contributed by atoms with E-state index in [4.69, 9.17) is 10.5 Å². The molecule has 0 radical (unpaired) electrons. The first-order valence-electron chi connectivity index (χ1n) is 6.12. The Morgan fingerprint density at radius 2 is 2.28 bits per heavy atom. The molecule has 0 saturated heterocycles. The summed E-state index contributed by atoms with van der Waals surface area (Å²) in [5.41, 5.74) is 5.74. The second kappa shape index (κ2) is 8.16. The van der Waals surface area contributed by atoms with Crippen LogP contribution in [0.1, 0.15) is 26.1 Å². The van der Waals surface area contributed by atoms with Gasteiger partial charge in [0.2, 0.25) is 0 Å². The van der Waals surface area contributed by atoms with Gasteiger partial charge in [-0.25, -0.2) is 9.97 Å². The summed E-state index contributed by atoms with van der Waals surface area (Å²) in [6, 6.07) is 2.12. The van der Waals surface area contributed by atoms with E-state index in [2.05, 4.69) is 29.1 Å². The molecule has 1 heterocycles. The van der Waals surface area contributed by atoms with E-state index in [9.17, 15) is 0 Å². The minimum absolute atomic E-state index is 0.369. The van der Waals surface area contributed by atoms with E-state index < -0.39 is 0 Å². The van der Waals surface area contributed by atoms with E-state index in [1.165, 1.54) is 0 Å². The van der Waals surface area contributed by atoms with Crippen molar-refractivity contribution in [1.29, 1.82) is 0 Å². The maximum Gasteiger partial charge on any atom is 0.158 e. The zero-order valence-electron chi connectivity index (χ0n) is 11.3. The Morgan fingerprint density at radius 3 is 2.94 bits per heavy atom. The quantitative estimate of drug-likeness (QED) is 0.705. The molecule has 0 amide bonds. The van der Waals surface area contributed by atoms with E-state index in [0.717, 1.165) is 23.7 Å². The number of nitrogen functional groups attached to an aromatic ring is 1. The first-order valence-corrected chi connectivity index (χ1v) is 7.27. The van der Waals surface area contributed by atoms with Crippen LogP contribution in [0.2, 0.25) is 0 Å². The molecule has 1 rings (SSSR count). The lowest BCUT2D eigenvalue weighted by Crippen LogP contribution is -2.18. The van der Waals surface area contributed by atoms with Gasteiger partial charge in [0.25, 0.3) is 0 Å². The Kier molecular flexibility index (Phi) is 6.82. The first kappa shape index (κ1) is 15.0. The van der Waals surface area contributed by atoms with Gasteiger partial charge in [0.15, 0.2) is 5.82 Å². The molecule has 5 nitrogen and oxygen atoms in total. The fourth-order valence-electron chi connectivity index (χ4n) is 1.51. The van der Waals surface area contributed by atoms with Gasteiger partial charge in [-0.15, -0.1) is 0 Å². The number of hydrogen-bond donors (Lipinski definition) is 2. The van der Waals surface area contributed by atoms with Crippen LogP contribution >= 0.6 is 11.8 Å². The van der Waals surface area contributed by atoms with Crippen molar-refractivity contribution >= 4 is 23.4 Å². The van der Waals surface area contributed by atoms with Crippen LogP contribution in [0.3, 0.4) is 0 Å². The van der Waals surface area contributed by atoms with E-state index >= 15 is 0 Å². The largest absolute Gasteiger partial charge is 0.384 e. The van der Waals surface area contributed by atoms with Crippen molar-refractivity contribution in [3.05, 3.63) is 11.9 Å². The monoisotopic (exact) mass is 270 g/mol. The van der Waals surface area contributed by atoms with E-state index in [-0.39, 0.29) is 0 Å². The molecule has 6 heteroatoms. The lowest BCUT2D eigenvalue weighted by Gasteiger charge is -2.15. The average Bonchev–Trinajstić information content (AvgIpc) is 2.28. The van der Waals surface area contributed by atoms with E-state index in [1.807, 2.05) is 11.8 Å². The third-order valence-electron chi connectivity index (χ3n) is 2.36. The number of nitrogens with two attached hydrogens (primary N) is 1. The number of rotatable bonds is 8. The van der Waals surface area contributed by atoms with E-state index in [0.29, 0.717) is 24.3 Å².